The molecule has 11 nitrogen and oxygen atoms in total. The van der Waals surface area contributed by atoms with Crippen LogP contribution in [0, 0.1) is 5.92 Å². The van der Waals surface area contributed by atoms with E-state index in [9.17, 15) is 31.9 Å². The van der Waals surface area contributed by atoms with Gasteiger partial charge in [-0.05, 0) is 50.2 Å². The van der Waals surface area contributed by atoms with Gasteiger partial charge in [0.25, 0.3) is 23.4 Å². The standard InChI is InChI=1S/C26H27F4N7O4/c27-20(28)21-33-18-19(22(38)34-21)36(14-9-15-7-10-26(29,30)11-8-15)25(40)37(24(18)39)13-4-2-6-17-32-23(41-35-17)16-5-1-3-12-31-16/h1,3,5,12,15,20H,2,4,6-11,13-14H2,(H,33,34,38). The number of fused-ring (bicyclic) bond motifs is 1. The van der Waals surface area contributed by atoms with Crippen LogP contribution in [0.3, 0.4) is 0 Å². The lowest BCUT2D eigenvalue weighted by atomic mass is 9.85. The number of nitrogens with zero attached hydrogens (tertiary/aromatic N) is 6. The van der Waals surface area contributed by atoms with Crippen molar-refractivity contribution >= 4 is 11.0 Å². The Hall–Kier alpha value is -4.17. The van der Waals surface area contributed by atoms with Gasteiger partial charge in [-0.2, -0.15) is 4.98 Å². The molecule has 1 aliphatic rings. The number of H-pyrrole nitrogens is 1. The van der Waals surface area contributed by atoms with Gasteiger partial charge in [-0.25, -0.2) is 27.3 Å². The highest BCUT2D eigenvalue weighted by molar-refractivity contribution is 5.72. The number of nitrogens with one attached hydrogen (secondary N) is 1. The lowest BCUT2D eigenvalue weighted by Crippen LogP contribution is -2.43. The quantitative estimate of drug-likeness (QED) is 0.221. The van der Waals surface area contributed by atoms with Crippen LogP contribution >= 0.6 is 0 Å². The van der Waals surface area contributed by atoms with Crippen molar-refractivity contribution in [3.8, 4) is 11.6 Å². The third-order valence-corrected chi connectivity index (χ3v) is 7.28. The van der Waals surface area contributed by atoms with Crippen LogP contribution in [-0.4, -0.2) is 40.1 Å². The van der Waals surface area contributed by atoms with E-state index in [-0.39, 0.29) is 50.6 Å². The van der Waals surface area contributed by atoms with Gasteiger partial charge in [0.1, 0.15) is 11.2 Å². The van der Waals surface area contributed by atoms with E-state index in [4.69, 9.17) is 4.52 Å². The topological polar surface area (TPSA) is 142 Å². The lowest BCUT2D eigenvalue weighted by molar-refractivity contribution is -0.0468. The third kappa shape index (κ3) is 6.28. The second-order valence-electron chi connectivity index (χ2n) is 10.1. The number of rotatable bonds is 10. The minimum atomic E-state index is -3.14. The molecule has 0 aliphatic heterocycles. The molecule has 15 heteroatoms. The molecule has 0 atom stereocenters. The third-order valence-electron chi connectivity index (χ3n) is 7.28. The average Bonchev–Trinajstić information content (AvgIpc) is 3.43. The zero-order valence-corrected chi connectivity index (χ0v) is 21.9. The number of unbranched alkanes of at least 4 members (excludes halogenated alkanes) is 1. The Bertz CT molecular complexity index is 1690. The first-order chi connectivity index (χ1) is 19.6. The number of hydrogen-bond acceptors (Lipinski definition) is 8. The van der Waals surface area contributed by atoms with Crippen LogP contribution in [0.15, 0.2) is 43.3 Å². The van der Waals surface area contributed by atoms with Gasteiger partial charge in [0.05, 0.1) is 0 Å². The van der Waals surface area contributed by atoms with Crippen LogP contribution < -0.4 is 16.8 Å². The second-order valence-corrected chi connectivity index (χ2v) is 10.1. The first-order valence-electron chi connectivity index (χ1n) is 13.3. The molecule has 4 aromatic rings. The number of aryl methyl sites for hydroxylation is 2. The molecule has 41 heavy (non-hydrogen) atoms. The first-order valence-corrected chi connectivity index (χ1v) is 13.3. The van der Waals surface area contributed by atoms with Gasteiger partial charge in [-0.1, -0.05) is 11.2 Å². The monoisotopic (exact) mass is 577 g/mol. The zero-order chi connectivity index (χ0) is 29.1. The summed E-state index contributed by atoms with van der Waals surface area (Å²) in [5.41, 5.74) is -3.22. The summed E-state index contributed by atoms with van der Waals surface area (Å²) in [5, 5.41) is 3.91. The highest BCUT2D eigenvalue weighted by atomic mass is 19.3. The molecule has 0 saturated heterocycles. The van der Waals surface area contributed by atoms with E-state index in [1.54, 1.807) is 24.4 Å². The fourth-order valence-corrected chi connectivity index (χ4v) is 5.05. The molecule has 1 N–H and O–H groups in total. The Labute approximate surface area is 229 Å². The number of alkyl halides is 4. The Morgan fingerprint density at radius 2 is 1.83 bits per heavy atom. The molecule has 1 aliphatic carbocycles. The van der Waals surface area contributed by atoms with E-state index in [2.05, 4.69) is 20.1 Å². The summed E-state index contributed by atoms with van der Waals surface area (Å²) in [6, 6.07) is 5.25. The van der Waals surface area contributed by atoms with Crippen LogP contribution in [0.25, 0.3) is 22.6 Å². The molecule has 218 valence electrons. The van der Waals surface area contributed by atoms with Gasteiger partial charge in [-0.3, -0.25) is 23.7 Å². The van der Waals surface area contributed by atoms with Gasteiger partial charge < -0.3 is 9.51 Å². The maximum absolute atomic E-state index is 13.6. The molecule has 0 bridgehead atoms. The van der Waals surface area contributed by atoms with E-state index in [0.717, 1.165) is 9.13 Å². The van der Waals surface area contributed by atoms with Crippen LogP contribution in [0.1, 0.15) is 63.0 Å². The highest BCUT2D eigenvalue weighted by Gasteiger charge is 2.34. The summed E-state index contributed by atoms with van der Waals surface area (Å²) in [6.07, 6.45) is -0.148. The lowest BCUT2D eigenvalue weighted by Gasteiger charge is -2.28. The van der Waals surface area contributed by atoms with Crippen LogP contribution in [0.2, 0.25) is 0 Å². The normalized spacial score (nSPS) is 15.6. The second kappa shape index (κ2) is 11.7. The van der Waals surface area contributed by atoms with Crippen LogP contribution in [0.5, 0.6) is 0 Å². The molecule has 5 rings (SSSR count). The summed E-state index contributed by atoms with van der Waals surface area (Å²) in [6.45, 7) is -0.128. The predicted molar refractivity (Wildman–Crippen MR) is 138 cm³/mol. The fraction of sp³-hybridized carbons (Fsp3) is 0.500. The molecule has 1 fully saturated rings. The number of halogens is 4. The zero-order valence-electron chi connectivity index (χ0n) is 21.9. The van der Waals surface area contributed by atoms with Crippen molar-refractivity contribution in [2.45, 2.75) is 76.8 Å². The van der Waals surface area contributed by atoms with E-state index >= 15 is 0 Å². The molecule has 4 aromatic heterocycles. The van der Waals surface area contributed by atoms with E-state index in [1.165, 1.54) is 0 Å². The average molecular weight is 578 g/mol. The van der Waals surface area contributed by atoms with Crippen molar-refractivity contribution in [3.05, 3.63) is 67.2 Å². The maximum Gasteiger partial charge on any atom is 0.331 e. The Morgan fingerprint density at radius 3 is 2.54 bits per heavy atom. The molecule has 0 aromatic carbocycles. The minimum Gasteiger partial charge on any atom is -0.332 e. The summed E-state index contributed by atoms with van der Waals surface area (Å²) in [7, 11) is 0. The predicted octanol–water partition coefficient (Wildman–Crippen LogP) is 3.87. The van der Waals surface area contributed by atoms with Crippen molar-refractivity contribution < 1.29 is 22.1 Å². The van der Waals surface area contributed by atoms with Crippen LogP contribution in [0.4, 0.5) is 17.6 Å². The maximum atomic E-state index is 13.6. The number of hydrogen-bond donors (Lipinski definition) is 1. The van der Waals surface area contributed by atoms with Crippen LogP contribution in [-0.2, 0) is 19.5 Å². The number of aromatic nitrogens is 7. The summed E-state index contributed by atoms with van der Waals surface area (Å²) < 4.78 is 61.0. The fourth-order valence-electron chi connectivity index (χ4n) is 5.05. The van der Waals surface area contributed by atoms with Crippen molar-refractivity contribution in [1.82, 2.24) is 34.2 Å². The van der Waals surface area contributed by atoms with Gasteiger partial charge in [0.2, 0.25) is 5.92 Å². The van der Waals surface area contributed by atoms with Crippen molar-refractivity contribution in [3.63, 3.8) is 0 Å². The number of aromatic amines is 1. The van der Waals surface area contributed by atoms with E-state index in [1.807, 2.05) is 4.98 Å². The first kappa shape index (κ1) is 28.4. The Morgan fingerprint density at radius 1 is 1.05 bits per heavy atom. The summed E-state index contributed by atoms with van der Waals surface area (Å²) in [5.74, 6) is -3.16. The molecule has 4 heterocycles. The Kier molecular flexibility index (Phi) is 8.13. The molecular formula is C26H27F4N7O4. The van der Waals surface area contributed by atoms with Crippen molar-refractivity contribution in [2.24, 2.45) is 5.92 Å². The minimum absolute atomic E-state index is 0.0518. The molecule has 0 radical (unpaired) electrons. The SMILES string of the molecule is O=c1[nH]c(C(F)F)nc2c(=O)n(CCCCc3noc(-c4ccccn4)n3)c(=O)n(CCC3CCC(F)(F)CC3)c12. The van der Waals surface area contributed by atoms with Gasteiger partial charge in [-0.15, -0.1) is 0 Å². The molecule has 1 saturated carbocycles. The van der Waals surface area contributed by atoms with E-state index < -0.39 is 46.0 Å². The number of pyridine rings is 1. The van der Waals surface area contributed by atoms with Crippen molar-refractivity contribution in [2.75, 3.05) is 0 Å². The van der Waals surface area contributed by atoms with E-state index in [0.29, 0.717) is 37.2 Å². The molecule has 0 unspecified atom stereocenters. The van der Waals surface area contributed by atoms with Gasteiger partial charge in [0, 0.05) is 38.5 Å². The van der Waals surface area contributed by atoms with Gasteiger partial charge >= 0.3 is 5.69 Å². The smallest absolute Gasteiger partial charge is 0.331 e. The highest BCUT2D eigenvalue weighted by Crippen LogP contribution is 2.37. The Balaban J connectivity index is 1.36. The molecule has 0 spiro atoms. The van der Waals surface area contributed by atoms with Crippen molar-refractivity contribution in [1.29, 1.82) is 0 Å². The largest absolute Gasteiger partial charge is 0.332 e. The van der Waals surface area contributed by atoms with Gasteiger partial charge in [0.15, 0.2) is 17.2 Å². The summed E-state index contributed by atoms with van der Waals surface area (Å²) in [4.78, 5) is 53.4. The molecule has 0 amide bonds. The molecular weight excluding hydrogens is 550 g/mol. The summed E-state index contributed by atoms with van der Waals surface area (Å²) >= 11 is 0.